The van der Waals surface area contributed by atoms with E-state index >= 15 is 0 Å². The van der Waals surface area contributed by atoms with Gasteiger partial charge in [0.2, 0.25) is 0 Å². The summed E-state index contributed by atoms with van der Waals surface area (Å²) in [5, 5.41) is 3.31. The zero-order valence-corrected chi connectivity index (χ0v) is 10.3. The van der Waals surface area contributed by atoms with Gasteiger partial charge < -0.3 is 11.1 Å². The third-order valence-corrected chi connectivity index (χ3v) is 2.64. The Labute approximate surface area is 107 Å². The minimum absolute atomic E-state index is 0.0728. The molecule has 0 aliphatic heterocycles. The maximum atomic E-state index is 6.05. The Hall–Kier alpha value is -1.78. The zero-order valence-electron chi connectivity index (χ0n) is 10.3. The maximum absolute atomic E-state index is 6.05. The van der Waals surface area contributed by atoms with Crippen LogP contribution in [0.1, 0.15) is 11.4 Å². The quantitative estimate of drug-likeness (QED) is 0.797. The van der Waals surface area contributed by atoms with E-state index in [-0.39, 0.29) is 6.04 Å². The minimum Gasteiger partial charge on any atom is -0.326 e. The molecule has 0 amide bonds. The number of aromatic nitrogens is 2. The summed E-state index contributed by atoms with van der Waals surface area (Å²) in [6.45, 7) is 1.50. The van der Waals surface area contributed by atoms with Crippen LogP contribution < -0.4 is 11.1 Å². The van der Waals surface area contributed by atoms with E-state index in [9.17, 15) is 0 Å². The second-order valence-corrected chi connectivity index (χ2v) is 4.24. The monoisotopic (exact) mass is 242 g/mol. The third-order valence-electron chi connectivity index (χ3n) is 2.64. The van der Waals surface area contributed by atoms with Gasteiger partial charge in [-0.3, -0.25) is 9.97 Å². The molecule has 2 aromatic heterocycles. The summed E-state index contributed by atoms with van der Waals surface area (Å²) in [6.07, 6.45) is 4.38. The summed E-state index contributed by atoms with van der Waals surface area (Å²) in [4.78, 5) is 8.51. The zero-order chi connectivity index (χ0) is 12.6. The van der Waals surface area contributed by atoms with Gasteiger partial charge in [-0.1, -0.05) is 12.1 Å². The predicted octanol–water partition coefficient (Wildman–Crippen LogP) is 1.14. The lowest BCUT2D eigenvalue weighted by atomic mass is 10.1. The van der Waals surface area contributed by atoms with E-state index in [0.29, 0.717) is 0 Å². The fourth-order valence-electron chi connectivity index (χ4n) is 1.75. The average Bonchev–Trinajstić information content (AvgIpc) is 2.41. The Morgan fingerprint density at radius 1 is 1.00 bits per heavy atom. The van der Waals surface area contributed by atoms with Crippen LogP contribution in [0.2, 0.25) is 0 Å². The normalized spacial score (nSPS) is 12.3. The molecule has 18 heavy (non-hydrogen) atoms. The molecule has 0 saturated carbocycles. The van der Waals surface area contributed by atoms with Crippen molar-refractivity contribution in [3.63, 3.8) is 0 Å². The molecule has 2 aromatic rings. The molecule has 2 heterocycles. The molecule has 3 N–H and O–H groups in total. The van der Waals surface area contributed by atoms with Crippen LogP contribution in [-0.2, 0) is 13.0 Å². The number of nitrogens with two attached hydrogens (primary N) is 1. The van der Waals surface area contributed by atoms with Gasteiger partial charge in [-0.05, 0) is 24.3 Å². The van der Waals surface area contributed by atoms with Gasteiger partial charge in [0, 0.05) is 43.6 Å². The lowest BCUT2D eigenvalue weighted by Crippen LogP contribution is -2.35. The molecular weight excluding hydrogens is 224 g/mol. The van der Waals surface area contributed by atoms with Crippen LogP contribution in [-0.4, -0.2) is 22.6 Å². The molecule has 2 rings (SSSR count). The number of nitrogens with one attached hydrogen (secondary N) is 1. The molecular formula is C14H18N4. The van der Waals surface area contributed by atoms with Crippen molar-refractivity contribution in [3.8, 4) is 0 Å². The van der Waals surface area contributed by atoms with Gasteiger partial charge >= 0.3 is 0 Å². The summed E-state index contributed by atoms with van der Waals surface area (Å²) in [7, 11) is 0. The lowest BCUT2D eigenvalue weighted by molar-refractivity contribution is 0.564. The molecule has 0 bridgehead atoms. The predicted molar refractivity (Wildman–Crippen MR) is 71.9 cm³/mol. The van der Waals surface area contributed by atoms with Crippen LogP contribution in [0.3, 0.4) is 0 Å². The average molecular weight is 242 g/mol. The van der Waals surface area contributed by atoms with Gasteiger partial charge in [-0.2, -0.15) is 0 Å². The van der Waals surface area contributed by atoms with Crippen LogP contribution in [0, 0.1) is 0 Å². The first kappa shape index (κ1) is 12.7. The maximum Gasteiger partial charge on any atom is 0.0541 e. The molecule has 0 aromatic carbocycles. The molecule has 0 aliphatic rings. The topological polar surface area (TPSA) is 63.8 Å². The van der Waals surface area contributed by atoms with E-state index in [2.05, 4.69) is 15.3 Å². The van der Waals surface area contributed by atoms with Gasteiger partial charge in [0.05, 0.1) is 5.69 Å². The van der Waals surface area contributed by atoms with Crippen molar-refractivity contribution in [1.82, 2.24) is 15.3 Å². The second kappa shape index (κ2) is 6.83. The van der Waals surface area contributed by atoms with E-state index < -0.39 is 0 Å². The first-order valence-electron chi connectivity index (χ1n) is 6.11. The fourth-order valence-corrected chi connectivity index (χ4v) is 1.75. The first-order valence-corrected chi connectivity index (χ1v) is 6.11. The highest BCUT2D eigenvalue weighted by Gasteiger charge is 2.04. The Morgan fingerprint density at radius 3 is 2.28 bits per heavy atom. The van der Waals surface area contributed by atoms with Crippen molar-refractivity contribution < 1.29 is 0 Å². The number of rotatable bonds is 6. The summed E-state index contributed by atoms with van der Waals surface area (Å²) in [5.41, 5.74) is 8.11. The molecule has 0 aliphatic carbocycles. The largest absolute Gasteiger partial charge is 0.326 e. The smallest absolute Gasteiger partial charge is 0.0541 e. The van der Waals surface area contributed by atoms with Crippen LogP contribution in [0.25, 0.3) is 0 Å². The first-order chi connectivity index (χ1) is 8.84. The summed E-state index contributed by atoms with van der Waals surface area (Å²) < 4.78 is 0. The van der Waals surface area contributed by atoms with Gasteiger partial charge in [0.25, 0.3) is 0 Å². The standard InChI is InChI=1S/C14H18N4/c15-12(9-13-5-1-3-7-17-13)10-16-11-14-6-2-4-8-18-14/h1-8,12,16H,9-11,15H2. The second-order valence-electron chi connectivity index (χ2n) is 4.24. The Morgan fingerprint density at radius 2 is 1.67 bits per heavy atom. The molecule has 1 atom stereocenters. The van der Waals surface area contributed by atoms with Crippen LogP contribution in [0.4, 0.5) is 0 Å². The van der Waals surface area contributed by atoms with Crippen molar-refractivity contribution in [2.24, 2.45) is 5.73 Å². The number of hydrogen-bond acceptors (Lipinski definition) is 4. The van der Waals surface area contributed by atoms with Crippen molar-refractivity contribution in [1.29, 1.82) is 0 Å². The van der Waals surface area contributed by atoms with E-state index in [0.717, 1.165) is 30.9 Å². The van der Waals surface area contributed by atoms with E-state index in [1.807, 2.05) is 36.4 Å². The van der Waals surface area contributed by atoms with Crippen molar-refractivity contribution >= 4 is 0 Å². The fraction of sp³-hybridized carbons (Fsp3) is 0.286. The van der Waals surface area contributed by atoms with Crippen molar-refractivity contribution in [2.75, 3.05) is 6.54 Å². The highest BCUT2D eigenvalue weighted by atomic mass is 14.9. The van der Waals surface area contributed by atoms with E-state index in [4.69, 9.17) is 5.73 Å². The number of pyridine rings is 2. The molecule has 4 nitrogen and oxygen atoms in total. The highest BCUT2D eigenvalue weighted by Crippen LogP contribution is 1.97. The van der Waals surface area contributed by atoms with Crippen LogP contribution >= 0.6 is 0 Å². The lowest BCUT2D eigenvalue weighted by Gasteiger charge is -2.12. The van der Waals surface area contributed by atoms with Gasteiger partial charge in [0.15, 0.2) is 0 Å². The number of nitrogens with zero attached hydrogens (tertiary/aromatic N) is 2. The summed E-state index contributed by atoms with van der Waals surface area (Å²) >= 11 is 0. The molecule has 0 saturated heterocycles. The molecule has 4 heteroatoms. The molecule has 94 valence electrons. The SMILES string of the molecule is NC(CNCc1ccccn1)Cc1ccccn1. The molecule has 0 fully saturated rings. The third kappa shape index (κ3) is 4.24. The Balaban J connectivity index is 1.71. The molecule has 1 unspecified atom stereocenters. The van der Waals surface area contributed by atoms with Crippen LogP contribution in [0.5, 0.6) is 0 Å². The van der Waals surface area contributed by atoms with Crippen molar-refractivity contribution in [2.45, 2.75) is 19.0 Å². The Bertz CT molecular complexity index is 444. The van der Waals surface area contributed by atoms with E-state index in [1.54, 1.807) is 12.4 Å². The number of hydrogen-bond donors (Lipinski definition) is 2. The highest BCUT2D eigenvalue weighted by molar-refractivity contribution is 5.05. The van der Waals surface area contributed by atoms with Gasteiger partial charge in [0.1, 0.15) is 0 Å². The molecule has 0 spiro atoms. The summed E-state index contributed by atoms with van der Waals surface area (Å²) in [5.74, 6) is 0. The van der Waals surface area contributed by atoms with Crippen LogP contribution in [0.15, 0.2) is 48.8 Å². The van der Waals surface area contributed by atoms with E-state index in [1.165, 1.54) is 0 Å². The summed E-state index contributed by atoms with van der Waals surface area (Å²) in [6, 6.07) is 11.9. The van der Waals surface area contributed by atoms with Gasteiger partial charge in [-0.15, -0.1) is 0 Å². The minimum atomic E-state index is 0.0728. The van der Waals surface area contributed by atoms with Gasteiger partial charge in [-0.25, -0.2) is 0 Å². The molecule has 0 radical (unpaired) electrons. The van der Waals surface area contributed by atoms with Crippen molar-refractivity contribution in [3.05, 3.63) is 60.2 Å². The Kier molecular flexibility index (Phi) is 4.81.